The molecule has 1 aliphatic rings. The molecule has 1 amide bonds. The highest BCUT2D eigenvalue weighted by atomic mass is 35.5. The maximum atomic E-state index is 13.5. The maximum Gasteiger partial charge on any atom is 0.248 e. The standard InChI is InChI=1S/C18H19ClFN3O3/c1-11(7-8-21-16(24)10-25-13-3-2-4-13)17-22-23-18(26-17)12-5-6-14(19)15(20)9-12/h5-6,9,13H,1-4,7-8,10H2,(H,21,24). The Bertz CT molecular complexity index is 805. The number of hydrogen-bond acceptors (Lipinski definition) is 5. The van der Waals surface area contributed by atoms with Crippen molar-refractivity contribution in [1.82, 2.24) is 15.5 Å². The lowest BCUT2D eigenvalue weighted by Gasteiger charge is -2.25. The number of halogens is 2. The molecule has 3 rings (SSSR count). The minimum Gasteiger partial charge on any atom is -0.417 e. The van der Waals surface area contributed by atoms with Crippen LogP contribution < -0.4 is 5.32 Å². The highest BCUT2D eigenvalue weighted by Gasteiger charge is 2.19. The molecule has 6 nitrogen and oxygen atoms in total. The lowest BCUT2D eigenvalue weighted by atomic mass is 9.96. The van der Waals surface area contributed by atoms with Crippen molar-refractivity contribution < 1.29 is 18.3 Å². The van der Waals surface area contributed by atoms with E-state index in [0.717, 1.165) is 12.8 Å². The number of benzene rings is 1. The summed E-state index contributed by atoms with van der Waals surface area (Å²) < 4.78 is 24.5. The predicted octanol–water partition coefficient (Wildman–Crippen LogP) is 3.62. The van der Waals surface area contributed by atoms with E-state index in [2.05, 4.69) is 22.1 Å². The fourth-order valence-corrected chi connectivity index (χ4v) is 2.47. The number of nitrogens with one attached hydrogen (secondary N) is 1. The minimum atomic E-state index is -0.561. The molecule has 1 aromatic heterocycles. The third kappa shape index (κ3) is 4.68. The fraction of sp³-hybridized carbons (Fsp3) is 0.389. The van der Waals surface area contributed by atoms with Crippen LogP contribution in [-0.4, -0.2) is 35.4 Å². The normalized spacial score (nSPS) is 14.1. The highest BCUT2D eigenvalue weighted by Crippen LogP contribution is 2.25. The molecule has 0 aliphatic heterocycles. The zero-order valence-electron chi connectivity index (χ0n) is 14.1. The average molecular weight is 380 g/mol. The van der Waals surface area contributed by atoms with E-state index >= 15 is 0 Å². The van der Waals surface area contributed by atoms with Crippen molar-refractivity contribution in [2.75, 3.05) is 13.2 Å². The van der Waals surface area contributed by atoms with Gasteiger partial charge in [-0.05, 0) is 43.9 Å². The van der Waals surface area contributed by atoms with Gasteiger partial charge in [0.2, 0.25) is 17.7 Å². The molecule has 26 heavy (non-hydrogen) atoms. The second-order valence-corrected chi connectivity index (χ2v) is 6.52. The summed E-state index contributed by atoms with van der Waals surface area (Å²) >= 11 is 5.66. The zero-order chi connectivity index (χ0) is 18.5. The van der Waals surface area contributed by atoms with Crippen molar-refractivity contribution >= 4 is 23.1 Å². The third-order valence-corrected chi connectivity index (χ3v) is 4.45. The molecule has 0 radical (unpaired) electrons. The second kappa shape index (κ2) is 8.42. The van der Waals surface area contributed by atoms with Gasteiger partial charge in [-0.25, -0.2) is 4.39 Å². The average Bonchev–Trinajstić information content (AvgIpc) is 3.06. The maximum absolute atomic E-state index is 13.5. The first kappa shape index (κ1) is 18.5. The first-order valence-corrected chi connectivity index (χ1v) is 8.76. The summed E-state index contributed by atoms with van der Waals surface area (Å²) in [5.41, 5.74) is 1.01. The minimum absolute atomic E-state index is 0.0231. The van der Waals surface area contributed by atoms with E-state index in [4.69, 9.17) is 20.8 Å². The monoisotopic (exact) mass is 379 g/mol. The van der Waals surface area contributed by atoms with E-state index in [-0.39, 0.29) is 35.4 Å². The number of amides is 1. The van der Waals surface area contributed by atoms with Gasteiger partial charge in [0.15, 0.2) is 0 Å². The molecule has 0 spiro atoms. The molecule has 1 aliphatic carbocycles. The molecule has 0 atom stereocenters. The van der Waals surface area contributed by atoms with Crippen LogP contribution in [0.4, 0.5) is 4.39 Å². The van der Waals surface area contributed by atoms with Gasteiger partial charge in [0, 0.05) is 17.7 Å². The topological polar surface area (TPSA) is 77.2 Å². The third-order valence-electron chi connectivity index (χ3n) is 4.15. The van der Waals surface area contributed by atoms with E-state index in [1.165, 1.54) is 18.6 Å². The molecular formula is C18H19ClFN3O3. The Morgan fingerprint density at radius 3 is 2.92 bits per heavy atom. The molecule has 8 heteroatoms. The summed E-state index contributed by atoms with van der Waals surface area (Å²) in [6.07, 6.45) is 3.90. The largest absolute Gasteiger partial charge is 0.417 e. The van der Waals surface area contributed by atoms with Crippen LogP contribution in [0.2, 0.25) is 5.02 Å². The molecular weight excluding hydrogens is 361 g/mol. The first-order valence-electron chi connectivity index (χ1n) is 8.38. The Hall–Kier alpha value is -2.25. The number of hydrogen-bond donors (Lipinski definition) is 1. The number of rotatable bonds is 8. The van der Waals surface area contributed by atoms with Crippen LogP contribution in [0.5, 0.6) is 0 Å². The molecule has 2 aromatic rings. The van der Waals surface area contributed by atoms with Crippen molar-refractivity contribution in [1.29, 1.82) is 0 Å². The summed E-state index contributed by atoms with van der Waals surface area (Å²) in [6.45, 7) is 4.34. The predicted molar refractivity (Wildman–Crippen MR) is 95.0 cm³/mol. The molecule has 1 saturated carbocycles. The van der Waals surface area contributed by atoms with Gasteiger partial charge in [0.1, 0.15) is 12.4 Å². The SMILES string of the molecule is C=C(CCNC(=O)COC1CCC1)c1nnc(-c2ccc(Cl)c(F)c2)o1. The van der Waals surface area contributed by atoms with Gasteiger partial charge < -0.3 is 14.5 Å². The van der Waals surface area contributed by atoms with Crippen molar-refractivity contribution in [2.45, 2.75) is 31.8 Å². The Balaban J connectivity index is 1.46. The van der Waals surface area contributed by atoms with E-state index in [1.807, 2.05) is 0 Å². The zero-order valence-corrected chi connectivity index (χ0v) is 14.9. The Labute approximate surface area is 155 Å². The number of carbonyl (C=O) groups excluding carboxylic acids is 1. The van der Waals surface area contributed by atoms with Gasteiger partial charge in [0.05, 0.1) is 11.1 Å². The Kier molecular flexibility index (Phi) is 6.00. The molecule has 1 fully saturated rings. The smallest absolute Gasteiger partial charge is 0.248 e. The molecule has 0 bridgehead atoms. The summed E-state index contributed by atoms with van der Waals surface area (Å²) in [5, 5.41) is 10.6. The van der Waals surface area contributed by atoms with Gasteiger partial charge in [-0.3, -0.25) is 4.79 Å². The van der Waals surface area contributed by atoms with E-state index in [0.29, 0.717) is 24.1 Å². The second-order valence-electron chi connectivity index (χ2n) is 6.11. The van der Waals surface area contributed by atoms with Crippen LogP contribution >= 0.6 is 11.6 Å². The first-order chi connectivity index (χ1) is 12.5. The number of carbonyl (C=O) groups is 1. The van der Waals surface area contributed by atoms with Crippen LogP contribution in [0, 0.1) is 5.82 Å². The van der Waals surface area contributed by atoms with Crippen molar-refractivity contribution in [3.05, 3.63) is 41.5 Å². The van der Waals surface area contributed by atoms with E-state index in [1.54, 1.807) is 6.07 Å². The van der Waals surface area contributed by atoms with Crippen LogP contribution in [-0.2, 0) is 9.53 Å². The van der Waals surface area contributed by atoms with Crippen LogP contribution in [0.15, 0.2) is 29.2 Å². The highest BCUT2D eigenvalue weighted by molar-refractivity contribution is 6.30. The lowest BCUT2D eigenvalue weighted by molar-refractivity contribution is -0.129. The summed E-state index contributed by atoms with van der Waals surface area (Å²) in [6, 6.07) is 4.24. The lowest BCUT2D eigenvalue weighted by Crippen LogP contribution is -2.32. The van der Waals surface area contributed by atoms with Crippen molar-refractivity contribution in [2.24, 2.45) is 0 Å². The van der Waals surface area contributed by atoms with Gasteiger partial charge in [-0.2, -0.15) is 0 Å². The molecule has 1 N–H and O–H groups in total. The van der Waals surface area contributed by atoms with E-state index in [9.17, 15) is 9.18 Å². The summed E-state index contributed by atoms with van der Waals surface area (Å²) in [7, 11) is 0. The molecule has 0 unspecified atom stereocenters. The molecule has 1 aromatic carbocycles. The fourth-order valence-electron chi connectivity index (χ4n) is 2.35. The van der Waals surface area contributed by atoms with Gasteiger partial charge in [-0.15, -0.1) is 10.2 Å². The van der Waals surface area contributed by atoms with Gasteiger partial charge in [-0.1, -0.05) is 18.2 Å². The van der Waals surface area contributed by atoms with Gasteiger partial charge in [0.25, 0.3) is 0 Å². The van der Waals surface area contributed by atoms with Crippen LogP contribution in [0.3, 0.4) is 0 Å². The summed E-state index contributed by atoms with van der Waals surface area (Å²) in [4.78, 5) is 11.7. The number of aromatic nitrogens is 2. The number of nitrogens with zero attached hydrogens (tertiary/aromatic N) is 2. The van der Waals surface area contributed by atoms with Crippen molar-refractivity contribution in [3.8, 4) is 11.5 Å². The molecule has 0 saturated heterocycles. The quantitative estimate of drug-likeness (QED) is 0.758. The van der Waals surface area contributed by atoms with Crippen LogP contribution in [0.1, 0.15) is 31.6 Å². The Morgan fingerprint density at radius 2 is 2.23 bits per heavy atom. The van der Waals surface area contributed by atoms with Crippen molar-refractivity contribution in [3.63, 3.8) is 0 Å². The van der Waals surface area contributed by atoms with Gasteiger partial charge >= 0.3 is 0 Å². The van der Waals surface area contributed by atoms with E-state index < -0.39 is 5.82 Å². The summed E-state index contributed by atoms with van der Waals surface area (Å²) in [5.74, 6) is -0.299. The molecule has 1 heterocycles. The number of ether oxygens (including phenoxy) is 1. The Morgan fingerprint density at radius 1 is 1.42 bits per heavy atom. The van der Waals surface area contributed by atoms with Crippen LogP contribution in [0.25, 0.3) is 17.0 Å². The molecule has 138 valence electrons.